The van der Waals surface area contributed by atoms with Crippen molar-refractivity contribution >= 4 is 22.6 Å². The minimum atomic E-state index is 0.416. The van der Waals surface area contributed by atoms with Gasteiger partial charge in [-0.15, -0.1) is 0 Å². The lowest BCUT2D eigenvalue weighted by molar-refractivity contribution is 0.170. The van der Waals surface area contributed by atoms with Crippen LogP contribution in [-0.2, 0) is 0 Å². The molecule has 1 heterocycles. The summed E-state index contributed by atoms with van der Waals surface area (Å²) in [6.45, 7) is 5.61. The van der Waals surface area contributed by atoms with Crippen molar-refractivity contribution < 1.29 is 0 Å². The van der Waals surface area contributed by atoms with E-state index in [1.807, 2.05) is 11.8 Å². The molecule has 1 aliphatic heterocycles. The van der Waals surface area contributed by atoms with E-state index in [-0.39, 0.29) is 0 Å². The first-order valence-electron chi connectivity index (χ1n) is 10.2. The molecule has 136 valence electrons. The van der Waals surface area contributed by atoms with Crippen LogP contribution in [0.5, 0.6) is 0 Å². The number of nitrogens with zero attached hydrogens (tertiary/aromatic N) is 2. The van der Waals surface area contributed by atoms with Gasteiger partial charge in [0.2, 0.25) is 0 Å². The van der Waals surface area contributed by atoms with E-state index in [1.165, 1.54) is 86.4 Å². The summed E-state index contributed by atoms with van der Waals surface area (Å²) in [7, 11) is 0. The standard InChI is InChI=1S/C22H32N2S/c1-17-10-11-20(18(2)14-17)23-21-24(15-19-8-4-3-5-9-19)22(16-25-21)12-6-7-13-22/h10-11,14,19H,3-9,12-13,15-16H2,1-2H3. The zero-order valence-electron chi connectivity index (χ0n) is 15.9. The summed E-state index contributed by atoms with van der Waals surface area (Å²) in [4.78, 5) is 7.93. The summed E-state index contributed by atoms with van der Waals surface area (Å²) in [5.74, 6) is 2.14. The van der Waals surface area contributed by atoms with Crippen LogP contribution < -0.4 is 0 Å². The topological polar surface area (TPSA) is 15.6 Å². The van der Waals surface area contributed by atoms with Crippen molar-refractivity contribution in [3.05, 3.63) is 29.3 Å². The number of benzene rings is 1. The minimum absolute atomic E-state index is 0.416. The summed E-state index contributed by atoms with van der Waals surface area (Å²) >= 11 is 2.02. The molecule has 0 N–H and O–H groups in total. The van der Waals surface area contributed by atoms with Crippen LogP contribution in [0.1, 0.15) is 68.9 Å². The van der Waals surface area contributed by atoms with Crippen LogP contribution in [0.2, 0.25) is 0 Å². The van der Waals surface area contributed by atoms with Crippen molar-refractivity contribution in [2.45, 2.75) is 77.2 Å². The highest BCUT2D eigenvalue weighted by molar-refractivity contribution is 8.14. The first-order valence-corrected chi connectivity index (χ1v) is 11.2. The highest BCUT2D eigenvalue weighted by Gasteiger charge is 2.47. The van der Waals surface area contributed by atoms with E-state index in [2.05, 4.69) is 36.9 Å². The highest BCUT2D eigenvalue weighted by atomic mass is 32.2. The Morgan fingerprint density at radius 2 is 1.84 bits per heavy atom. The predicted octanol–water partition coefficient (Wildman–Crippen LogP) is 6.23. The van der Waals surface area contributed by atoms with E-state index in [1.54, 1.807) is 0 Å². The van der Waals surface area contributed by atoms with Crippen LogP contribution in [0.4, 0.5) is 5.69 Å². The van der Waals surface area contributed by atoms with Crippen molar-refractivity contribution in [1.82, 2.24) is 4.90 Å². The van der Waals surface area contributed by atoms with Gasteiger partial charge < -0.3 is 4.90 Å². The third-order valence-corrected chi connectivity index (χ3v) is 7.79. The molecular formula is C22H32N2S. The van der Waals surface area contributed by atoms with Gasteiger partial charge in [-0.05, 0) is 57.1 Å². The minimum Gasteiger partial charge on any atom is -0.344 e. The van der Waals surface area contributed by atoms with Gasteiger partial charge in [-0.1, -0.05) is 61.6 Å². The number of hydrogen-bond donors (Lipinski definition) is 0. The zero-order chi connectivity index (χ0) is 17.3. The fourth-order valence-corrected chi connectivity index (χ4v) is 6.46. The van der Waals surface area contributed by atoms with Crippen molar-refractivity contribution in [1.29, 1.82) is 0 Å². The van der Waals surface area contributed by atoms with Gasteiger partial charge in [0, 0.05) is 12.3 Å². The van der Waals surface area contributed by atoms with Crippen molar-refractivity contribution in [3.8, 4) is 0 Å². The molecular weight excluding hydrogens is 324 g/mol. The number of aliphatic imine (C=N–C) groups is 1. The van der Waals surface area contributed by atoms with Gasteiger partial charge in [0.05, 0.1) is 11.2 Å². The van der Waals surface area contributed by atoms with E-state index in [4.69, 9.17) is 4.99 Å². The molecule has 0 atom stereocenters. The van der Waals surface area contributed by atoms with Crippen LogP contribution in [-0.4, -0.2) is 27.9 Å². The average molecular weight is 357 g/mol. The van der Waals surface area contributed by atoms with Crippen LogP contribution >= 0.6 is 11.8 Å². The van der Waals surface area contributed by atoms with E-state index in [0.29, 0.717) is 5.54 Å². The smallest absolute Gasteiger partial charge is 0.164 e. The van der Waals surface area contributed by atoms with Crippen LogP contribution in [0.3, 0.4) is 0 Å². The maximum absolute atomic E-state index is 5.17. The zero-order valence-corrected chi connectivity index (χ0v) is 16.7. The van der Waals surface area contributed by atoms with Crippen molar-refractivity contribution in [2.75, 3.05) is 12.3 Å². The Balaban J connectivity index is 1.61. The number of hydrogen-bond acceptors (Lipinski definition) is 2. The molecule has 0 radical (unpaired) electrons. The lowest BCUT2D eigenvalue weighted by Gasteiger charge is -2.39. The van der Waals surface area contributed by atoms with E-state index in [9.17, 15) is 0 Å². The lowest BCUT2D eigenvalue weighted by Crippen LogP contribution is -2.47. The average Bonchev–Trinajstić information content (AvgIpc) is 3.21. The molecule has 1 aromatic rings. The molecule has 2 saturated carbocycles. The number of rotatable bonds is 3. The van der Waals surface area contributed by atoms with E-state index in [0.717, 1.165) is 11.6 Å². The Labute approximate surface area is 157 Å². The van der Waals surface area contributed by atoms with E-state index >= 15 is 0 Å². The Hall–Kier alpha value is -0.960. The Morgan fingerprint density at radius 3 is 2.56 bits per heavy atom. The SMILES string of the molecule is Cc1ccc(N=C2SCC3(CCCC3)N2CC2CCCCC2)c(C)c1. The molecule has 0 bridgehead atoms. The molecule has 25 heavy (non-hydrogen) atoms. The summed E-state index contributed by atoms with van der Waals surface area (Å²) < 4.78 is 0. The number of aryl methyl sites for hydroxylation is 2. The van der Waals surface area contributed by atoms with E-state index < -0.39 is 0 Å². The molecule has 2 nitrogen and oxygen atoms in total. The highest BCUT2D eigenvalue weighted by Crippen LogP contribution is 2.46. The van der Waals surface area contributed by atoms with Gasteiger partial charge in [-0.2, -0.15) is 0 Å². The number of amidine groups is 1. The van der Waals surface area contributed by atoms with Gasteiger partial charge in [-0.3, -0.25) is 0 Å². The van der Waals surface area contributed by atoms with Gasteiger partial charge >= 0.3 is 0 Å². The summed E-state index contributed by atoms with van der Waals surface area (Å²) in [6.07, 6.45) is 12.7. The summed E-state index contributed by atoms with van der Waals surface area (Å²) in [5.41, 5.74) is 4.21. The Kier molecular flexibility index (Phi) is 5.13. The normalized spacial score (nSPS) is 25.4. The maximum atomic E-state index is 5.17. The van der Waals surface area contributed by atoms with Crippen LogP contribution in [0.25, 0.3) is 0 Å². The second-order valence-electron chi connectivity index (χ2n) is 8.52. The monoisotopic (exact) mass is 356 g/mol. The van der Waals surface area contributed by atoms with Crippen LogP contribution in [0, 0.1) is 19.8 Å². The van der Waals surface area contributed by atoms with Crippen molar-refractivity contribution in [2.24, 2.45) is 10.9 Å². The second-order valence-corrected chi connectivity index (χ2v) is 9.46. The summed E-state index contributed by atoms with van der Waals surface area (Å²) in [6, 6.07) is 6.66. The fraction of sp³-hybridized carbons (Fsp3) is 0.682. The third kappa shape index (κ3) is 3.63. The molecule has 1 aromatic carbocycles. The Morgan fingerprint density at radius 1 is 1.08 bits per heavy atom. The molecule has 0 aromatic heterocycles. The molecule has 4 rings (SSSR count). The third-order valence-electron chi connectivity index (χ3n) is 6.54. The summed E-state index contributed by atoms with van der Waals surface area (Å²) in [5, 5.41) is 1.31. The molecule has 3 heteroatoms. The van der Waals surface area contributed by atoms with Gasteiger partial charge in [-0.25, -0.2) is 4.99 Å². The predicted molar refractivity (Wildman–Crippen MR) is 110 cm³/mol. The molecule has 3 fully saturated rings. The molecule has 1 spiro atoms. The molecule has 0 unspecified atom stereocenters. The largest absolute Gasteiger partial charge is 0.344 e. The number of thioether (sulfide) groups is 1. The molecule has 1 saturated heterocycles. The first-order chi connectivity index (χ1) is 12.2. The second kappa shape index (κ2) is 7.34. The van der Waals surface area contributed by atoms with Gasteiger partial charge in [0.1, 0.15) is 0 Å². The Bertz CT molecular complexity index is 639. The fourth-order valence-electron chi connectivity index (χ4n) is 5.03. The molecule has 0 amide bonds. The quantitative estimate of drug-likeness (QED) is 0.637. The van der Waals surface area contributed by atoms with Gasteiger partial charge in [0.15, 0.2) is 5.17 Å². The molecule has 3 aliphatic rings. The maximum Gasteiger partial charge on any atom is 0.164 e. The van der Waals surface area contributed by atoms with Gasteiger partial charge in [0.25, 0.3) is 0 Å². The first kappa shape index (κ1) is 17.5. The lowest BCUT2D eigenvalue weighted by atomic mass is 9.87. The van der Waals surface area contributed by atoms with Crippen molar-refractivity contribution in [3.63, 3.8) is 0 Å². The molecule has 2 aliphatic carbocycles. The van der Waals surface area contributed by atoms with Crippen LogP contribution in [0.15, 0.2) is 23.2 Å².